The van der Waals surface area contributed by atoms with Crippen LogP contribution in [0.2, 0.25) is 0 Å². The number of rotatable bonds is 12. The summed E-state index contributed by atoms with van der Waals surface area (Å²) in [5.74, 6) is 3.47. The molecule has 0 radical (unpaired) electrons. The van der Waals surface area contributed by atoms with E-state index in [2.05, 4.69) is 42.5 Å². The molecule has 0 amide bonds. The monoisotopic (exact) mass is 567 g/mol. The molecule has 5 rings (SSSR count). The molecule has 10 atom stereocenters. The molecule has 0 aliphatic heterocycles. The average Bonchev–Trinajstić information content (AvgIpc) is 3.33. The van der Waals surface area contributed by atoms with Gasteiger partial charge in [-0.3, -0.25) is 9.78 Å². The van der Waals surface area contributed by atoms with E-state index in [-0.39, 0.29) is 12.1 Å². The molecule has 1 heterocycles. The number of esters is 1. The molecule has 4 aliphatic rings. The lowest BCUT2D eigenvalue weighted by atomic mass is 9.43. The minimum absolute atomic E-state index is 0.0827. The SMILES string of the molecule is COC(=O)CC[C@@H](C)[C@H]1CC[C@H]2[C@@H]3[C@H](O)C[C@@H]4C[C@H](NCCCCNCc5ccccn5)CC[C@]4(C)[C@H]3CC[C@]12C. The summed E-state index contributed by atoms with van der Waals surface area (Å²) in [6.07, 6.45) is 15.4. The summed E-state index contributed by atoms with van der Waals surface area (Å²) in [6.45, 7) is 10.5. The zero-order valence-electron chi connectivity index (χ0n) is 26.2. The van der Waals surface area contributed by atoms with Gasteiger partial charge >= 0.3 is 5.97 Å². The van der Waals surface area contributed by atoms with E-state index < -0.39 is 0 Å². The van der Waals surface area contributed by atoms with E-state index >= 15 is 0 Å². The summed E-state index contributed by atoms with van der Waals surface area (Å²) in [6, 6.07) is 6.67. The van der Waals surface area contributed by atoms with Gasteiger partial charge in [0, 0.05) is 25.2 Å². The Morgan fingerprint density at radius 1 is 1.07 bits per heavy atom. The highest BCUT2D eigenvalue weighted by atomic mass is 16.5. The van der Waals surface area contributed by atoms with Crippen LogP contribution in [0.5, 0.6) is 0 Å². The van der Waals surface area contributed by atoms with Crippen LogP contribution in [0, 0.1) is 46.3 Å². The number of aromatic nitrogens is 1. The Balaban J connectivity index is 1.10. The maximum atomic E-state index is 11.8. The first kappa shape index (κ1) is 30.9. The minimum atomic E-state index is -0.157. The van der Waals surface area contributed by atoms with Crippen molar-refractivity contribution in [3.05, 3.63) is 30.1 Å². The van der Waals surface area contributed by atoms with Gasteiger partial charge in [-0.1, -0.05) is 26.8 Å². The number of unbranched alkanes of at least 4 members (excludes halogenated alkanes) is 1. The van der Waals surface area contributed by atoms with Crippen LogP contribution >= 0.6 is 0 Å². The molecule has 3 N–H and O–H groups in total. The largest absolute Gasteiger partial charge is 0.469 e. The van der Waals surface area contributed by atoms with Crippen LogP contribution in [0.1, 0.15) is 104 Å². The second-order valence-electron chi connectivity index (χ2n) is 14.7. The summed E-state index contributed by atoms with van der Waals surface area (Å²) < 4.78 is 4.92. The second-order valence-corrected chi connectivity index (χ2v) is 14.7. The average molecular weight is 568 g/mol. The first-order valence-corrected chi connectivity index (χ1v) is 16.8. The van der Waals surface area contributed by atoms with Crippen LogP contribution in [-0.4, -0.2) is 48.4 Å². The van der Waals surface area contributed by atoms with Gasteiger partial charge in [0.15, 0.2) is 0 Å². The fourth-order valence-electron chi connectivity index (χ4n) is 10.4. The second kappa shape index (κ2) is 13.4. The smallest absolute Gasteiger partial charge is 0.305 e. The molecule has 230 valence electrons. The van der Waals surface area contributed by atoms with E-state index in [4.69, 9.17) is 4.74 Å². The van der Waals surface area contributed by atoms with E-state index in [0.717, 1.165) is 38.2 Å². The number of hydrogen-bond donors (Lipinski definition) is 3. The van der Waals surface area contributed by atoms with Gasteiger partial charge in [0.1, 0.15) is 0 Å². The number of nitrogens with one attached hydrogen (secondary N) is 2. The van der Waals surface area contributed by atoms with E-state index in [1.54, 1.807) is 0 Å². The van der Waals surface area contributed by atoms with E-state index in [0.29, 0.717) is 58.8 Å². The van der Waals surface area contributed by atoms with Crippen molar-refractivity contribution in [3.8, 4) is 0 Å². The lowest BCUT2D eigenvalue weighted by Crippen LogP contribution is -2.59. The van der Waals surface area contributed by atoms with Gasteiger partial charge in [-0.25, -0.2) is 0 Å². The van der Waals surface area contributed by atoms with E-state index in [9.17, 15) is 9.90 Å². The number of nitrogens with zero attached hydrogens (tertiary/aromatic N) is 1. The summed E-state index contributed by atoms with van der Waals surface area (Å²) in [4.78, 5) is 16.2. The summed E-state index contributed by atoms with van der Waals surface area (Å²) in [5, 5.41) is 19.1. The molecule has 0 spiro atoms. The predicted molar refractivity (Wildman–Crippen MR) is 164 cm³/mol. The molecule has 0 saturated heterocycles. The number of pyridine rings is 1. The van der Waals surface area contributed by atoms with Crippen LogP contribution < -0.4 is 10.6 Å². The first-order chi connectivity index (χ1) is 19.8. The fourth-order valence-corrected chi connectivity index (χ4v) is 10.4. The van der Waals surface area contributed by atoms with Crippen molar-refractivity contribution < 1.29 is 14.6 Å². The molecule has 0 aromatic carbocycles. The number of aliphatic hydroxyl groups is 1. The lowest BCUT2D eigenvalue weighted by Gasteiger charge is -2.62. The number of aliphatic hydroxyl groups excluding tert-OH is 1. The maximum Gasteiger partial charge on any atom is 0.305 e. The molecular formula is C35H57N3O3. The van der Waals surface area contributed by atoms with Crippen LogP contribution in [0.25, 0.3) is 0 Å². The maximum absolute atomic E-state index is 11.8. The molecule has 0 unspecified atom stereocenters. The number of fused-ring (bicyclic) bond motifs is 5. The van der Waals surface area contributed by atoms with Crippen molar-refractivity contribution in [2.75, 3.05) is 20.2 Å². The zero-order chi connectivity index (χ0) is 29.0. The Morgan fingerprint density at radius 2 is 1.85 bits per heavy atom. The minimum Gasteiger partial charge on any atom is -0.469 e. The van der Waals surface area contributed by atoms with Crippen LogP contribution in [0.3, 0.4) is 0 Å². The molecule has 41 heavy (non-hydrogen) atoms. The van der Waals surface area contributed by atoms with Gasteiger partial charge < -0.3 is 20.5 Å². The van der Waals surface area contributed by atoms with E-state index in [1.807, 2.05) is 18.3 Å². The third-order valence-electron chi connectivity index (χ3n) is 12.7. The predicted octanol–water partition coefficient (Wildman–Crippen LogP) is 6.13. The van der Waals surface area contributed by atoms with Gasteiger partial charge in [-0.15, -0.1) is 0 Å². The zero-order valence-corrected chi connectivity index (χ0v) is 26.2. The highest BCUT2D eigenvalue weighted by Crippen LogP contribution is 2.68. The molecule has 4 aliphatic carbocycles. The molecule has 6 heteroatoms. The normalized spacial score (nSPS) is 38.9. The van der Waals surface area contributed by atoms with Crippen molar-refractivity contribution in [1.29, 1.82) is 0 Å². The third kappa shape index (κ3) is 6.55. The third-order valence-corrected chi connectivity index (χ3v) is 12.7. The van der Waals surface area contributed by atoms with Crippen molar-refractivity contribution >= 4 is 5.97 Å². The number of methoxy groups -OCH3 is 1. The summed E-state index contributed by atoms with van der Waals surface area (Å²) >= 11 is 0. The summed E-state index contributed by atoms with van der Waals surface area (Å²) in [7, 11) is 1.49. The Hall–Kier alpha value is -1.50. The van der Waals surface area contributed by atoms with Gasteiger partial charge in [0.05, 0.1) is 18.9 Å². The van der Waals surface area contributed by atoms with Gasteiger partial charge in [0.2, 0.25) is 0 Å². The van der Waals surface area contributed by atoms with Crippen molar-refractivity contribution in [2.24, 2.45) is 46.3 Å². The molecule has 4 saturated carbocycles. The van der Waals surface area contributed by atoms with Gasteiger partial charge in [-0.2, -0.15) is 0 Å². The highest BCUT2D eigenvalue weighted by molar-refractivity contribution is 5.69. The topological polar surface area (TPSA) is 83.5 Å². The van der Waals surface area contributed by atoms with Crippen LogP contribution in [-0.2, 0) is 16.1 Å². The first-order valence-electron chi connectivity index (χ1n) is 16.8. The molecule has 1 aromatic heterocycles. The number of ether oxygens (including phenoxy) is 1. The molecule has 0 bridgehead atoms. The molecule has 6 nitrogen and oxygen atoms in total. The number of carbonyl (C=O) groups is 1. The molecular weight excluding hydrogens is 510 g/mol. The number of carbonyl (C=O) groups excluding carboxylic acids is 1. The number of hydrogen-bond acceptors (Lipinski definition) is 6. The Morgan fingerprint density at radius 3 is 2.63 bits per heavy atom. The van der Waals surface area contributed by atoms with Crippen LogP contribution in [0.15, 0.2) is 24.4 Å². The van der Waals surface area contributed by atoms with Crippen LogP contribution in [0.4, 0.5) is 0 Å². The van der Waals surface area contributed by atoms with Crippen molar-refractivity contribution in [1.82, 2.24) is 15.6 Å². The molecule has 4 fully saturated rings. The standard InChI is InChI=1S/C35H57N3O3/c1-24(10-13-32(40)41-4)28-11-12-29-33-30(15-17-35(28,29)3)34(2)16-14-26(21-25(34)22-31(33)39)37-20-8-7-18-36-23-27-9-5-6-19-38-27/h5-6,9,19,24-26,28-31,33,36-37,39H,7-8,10-18,20-23H2,1-4H3/t24-,25+,26-,28-,29+,30+,31-,33+,34+,35-/m1/s1. The Bertz CT molecular complexity index is 990. The highest BCUT2D eigenvalue weighted by Gasteiger charge is 2.62. The summed E-state index contributed by atoms with van der Waals surface area (Å²) in [5.41, 5.74) is 1.77. The van der Waals surface area contributed by atoms with Crippen molar-refractivity contribution in [2.45, 2.75) is 117 Å². The van der Waals surface area contributed by atoms with Gasteiger partial charge in [0.25, 0.3) is 0 Å². The Kier molecular flexibility index (Phi) is 10.1. The fraction of sp³-hybridized carbons (Fsp3) is 0.829. The lowest BCUT2D eigenvalue weighted by molar-refractivity contribution is -0.167. The Labute approximate surface area is 249 Å². The van der Waals surface area contributed by atoms with E-state index in [1.165, 1.54) is 64.9 Å². The molecule has 1 aromatic rings. The van der Waals surface area contributed by atoms with Crippen molar-refractivity contribution in [3.63, 3.8) is 0 Å². The van der Waals surface area contributed by atoms with Gasteiger partial charge in [-0.05, 0) is 142 Å². The quantitative estimate of drug-likeness (QED) is 0.208.